The van der Waals surface area contributed by atoms with Crippen LogP contribution >= 0.6 is 11.6 Å². The van der Waals surface area contributed by atoms with Gasteiger partial charge in [-0.25, -0.2) is 13.9 Å². The Labute approximate surface area is 148 Å². The van der Waals surface area contributed by atoms with E-state index in [1.165, 1.54) is 6.07 Å². The minimum Gasteiger partial charge on any atom is -0.364 e. The van der Waals surface area contributed by atoms with Crippen LogP contribution in [0.2, 0.25) is 5.02 Å². The second-order valence-corrected chi connectivity index (χ2v) is 5.84. The zero-order valence-corrected chi connectivity index (χ0v) is 13.8. The molecule has 25 heavy (non-hydrogen) atoms. The third kappa shape index (κ3) is 3.04. The first-order valence-corrected chi connectivity index (χ1v) is 8.02. The molecule has 0 amide bonds. The third-order valence-corrected chi connectivity index (χ3v) is 4.12. The van der Waals surface area contributed by atoms with Crippen molar-refractivity contribution in [3.63, 3.8) is 0 Å². The van der Waals surface area contributed by atoms with Gasteiger partial charge in [0.2, 0.25) is 0 Å². The SMILES string of the molecule is Fc1c(Cl)cccc1CNc1ccc2ncc(-c3ccncc3)n2n1. The van der Waals surface area contributed by atoms with E-state index in [4.69, 9.17) is 11.6 Å². The van der Waals surface area contributed by atoms with Crippen LogP contribution < -0.4 is 5.32 Å². The highest BCUT2D eigenvalue weighted by atomic mass is 35.5. The van der Waals surface area contributed by atoms with Crippen molar-refractivity contribution >= 4 is 23.1 Å². The molecule has 0 saturated carbocycles. The van der Waals surface area contributed by atoms with Gasteiger partial charge in [-0.3, -0.25) is 4.98 Å². The van der Waals surface area contributed by atoms with Crippen molar-refractivity contribution in [2.75, 3.05) is 5.32 Å². The molecule has 0 spiro atoms. The molecule has 0 atom stereocenters. The molecule has 0 aliphatic carbocycles. The summed E-state index contributed by atoms with van der Waals surface area (Å²) < 4.78 is 15.7. The number of anilines is 1. The van der Waals surface area contributed by atoms with Crippen molar-refractivity contribution in [1.82, 2.24) is 19.6 Å². The number of pyridine rings is 1. The summed E-state index contributed by atoms with van der Waals surface area (Å²) in [5, 5.41) is 7.77. The predicted molar refractivity (Wildman–Crippen MR) is 95.0 cm³/mol. The fraction of sp³-hybridized carbons (Fsp3) is 0.0556. The van der Waals surface area contributed by atoms with Gasteiger partial charge in [-0.05, 0) is 30.3 Å². The summed E-state index contributed by atoms with van der Waals surface area (Å²) in [5.74, 6) is 0.193. The van der Waals surface area contributed by atoms with Gasteiger partial charge in [-0.1, -0.05) is 23.7 Å². The van der Waals surface area contributed by atoms with Crippen molar-refractivity contribution in [3.8, 4) is 11.3 Å². The number of fused-ring (bicyclic) bond motifs is 1. The van der Waals surface area contributed by atoms with Gasteiger partial charge in [0.05, 0.1) is 16.9 Å². The lowest BCUT2D eigenvalue weighted by atomic mass is 10.2. The Morgan fingerprint density at radius 3 is 2.76 bits per heavy atom. The van der Waals surface area contributed by atoms with Crippen LogP contribution in [0.4, 0.5) is 10.2 Å². The summed E-state index contributed by atoms with van der Waals surface area (Å²) in [7, 11) is 0. The number of halogens is 2. The van der Waals surface area contributed by atoms with Gasteiger partial charge < -0.3 is 5.32 Å². The van der Waals surface area contributed by atoms with Gasteiger partial charge >= 0.3 is 0 Å². The smallest absolute Gasteiger partial charge is 0.154 e. The number of aromatic nitrogens is 4. The minimum absolute atomic E-state index is 0.109. The summed E-state index contributed by atoms with van der Waals surface area (Å²) in [6.45, 7) is 0.282. The van der Waals surface area contributed by atoms with E-state index in [-0.39, 0.29) is 11.6 Å². The number of rotatable bonds is 4. The zero-order chi connectivity index (χ0) is 17.2. The second kappa shape index (κ2) is 6.49. The Kier molecular flexibility index (Phi) is 4.03. The van der Waals surface area contributed by atoms with E-state index in [0.717, 1.165) is 16.9 Å². The number of nitrogens with zero attached hydrogens (tertiary/aromatic N) is 4. The first kappa shape index (κ1) is 15.5. The van der Waals surface area contributed by atoms with Crippen LogP contribution in [0.25, 0.3) is 16.9 Å². The molecule has 1 N–H and O–H groups in total. The maximum atomic E-state index is 14.0. The largest absolute Gasteiger partial charge is 0.364 e. The molecule has 4 aromatic rings. The van der Waals surface area contributed by atoms with Gasteiger partial charge in [0.15, 0.2) is 5.65 Å². The maximum absolute atomic E-state index is 14.0. The van der Waals surface area contributed by atoms with Gasteiger partial charge in [-0.2, -0.15) is 0 Å². The Balaban J connectivity index is 1.64. The van der Waals surface area contributed by atoms with Crippen molar-refractivity contribution in [1.29, 1.82) is 0 Å². The molecular formula is C18H13ClFN5. The topological polar surface area (TPSA) is 55.1 Å². The normalized spacial score (nSPS) is 11.0. The zero-order valence-electron chi connectivity index (χ0n) is 13.0. The maximum Gasteiger partial charge on any atom is 0.154 e. The Morgan fingerprint density at radius 2 is 1.92 bits per heavy atom. The average Bonchev–Trinajstić information content (AvgIpc) is 3.07. The van der Waals surface area contributed by atoms with Gasteiger partial charge in [-0.15, -0.1) is 5.10 Å². The van der Waals surface area contributed by atoms with E-state index >= 15 is 0 Å². The van der Waals surface area contributed by atoms with E-state index in [2.05, 4.69) is 20.4 Å². The van der Waals surface area contributed by atoms with Crippen LogP contribution in [0, 0.1) is 5.82 Å². The highest BCUT2D eigenvalue weighted by Gasteiger charge is 2.09. The number of benzene rings is 1. The van der Waals surface area contributed by atoms with Crippen LogP contribution in [0.5, 0.6) is 0 Å². The molecule has 5 nitrogen and oxygen atoms in total. The molecule has 0 aliphatic rings. The summed E-state index contributed by atoms with van der Waals surface area (Å²) in [4.78, 5) is 8.38. The third-order valence-electron chi connectivity index (χ3n) is 3.83. The molecule has 0 radical (unpaired) electrons. The number of imidazole rings is 1. The lowest BCUT2D eigenvalue weighted by molar-refractivity contribution is 0.613. The Bertz CT molecular complexity index is 1030. The summed E-state index contributed by atoms with van der Waals surface area (Å²) >= 11 is 5.81. The average molecular weight is 354 g/mol. The number of hydrogen-bond donors (Lipinski definition) is 1. The van der Waals surface area contributed by atoms with Crippen LogP contribution in [-0.4, -0.2) is 19.6 Å². The molecule has 4 rings (SSSR count). The lowest BCUT2D eigenvalue weighted by Crippen LogP contribution is -2.06. The van der Waals surface area contributed by atoms with Crippen molar-refractivity contribution < 1.29 is 4.39 Å². The Hall–Kier alpha value is -2.99. The van der Waals surface area contributed by atoms with Crippen LogP contribution in [0.1, 0.15) is 5.56 Å². The molecule has 0 saturated heterocycles. The molecule has 7 heteroatoms. The quantitative estimate of drug-likeness (QED) is 0.597. The van der Waals surface area contributed by atoms with Crippen LogP contribution in [0.3, 0.4) is 0 Å². The van der Waals surface area contributed by atoms with E-state index in [1.807, 2.05) is 18.2 Å². The number of hydrogen-bond acceptors (Lipinski definition) is 4. The fourth-order valence-corrected chi connectivity index (χ4v) is 2.75. The minimum atomic E-state index is -0.419. The molecule has 0 unspecified atom stereocenters. The van der Waals surface area contributed by atoms with Gasteiger partial charge in [0.1, 0.15) is 11.6 Å². The van der Waals surface area contributed by atoms with Gasteiger partial charge in [0, 0.05) is 30.1 Å². The molecule has 3 heterocycles. The molecule has 124 valence electrons. The Morgan fingerprint density at radius 1 is 1.08 bits per heavy atom. The molecule has 1 aromatic carbocycles. The van der Waals surface area contributed by atoms with E-state index in [9.17, 15) is 4.39 Å². The van der Waals surface area contributed by atoms with Crippen molar-refractivity contribution in [2.24, 2.45) is 0 Å². The number of nitrogens with one attached hydrogen (secondary N) is 1. The van der Waals surface area contributed by atoms with Crippen molar-refractivity contribution in [2.45, 2.75) is 6.54 Å². The standard InChI is InChI=1S/C18H13ClFN5/c19-14-3-1-2-13(18(14)20)10-22-16-4-5-17-23-11-15(25(17)24-16)12-6-8-21-9-7-12/h1-9,11H,10H2,(H,22,24). The second-order valence-electron chi connectivity index (χ2n) is 5.43. The molecule has 0 aliphatic heterocycles. The highest BCUT2D eigenvalue weighted by Crippen LogP contribution is 2.21. The monoisotopic (exact) mass is 353 g/mol. The summed E-state index contributed by atoms with van der Waals surface area (Å²) in [6, 6.07) is 12.4. The predicted octanol–water partition coefficient (Wildman–Crippen LogP) is 4.20. The van der Waals surface area contributed by atoms with E-state index in [0.29, 0.717) is 11.4 Å². The van der Waals surface area contributed by atoms with Crippen LogP contribution in [0.15, 0.2) is 61.1 Å². The van der Waals surface area contributed by atoms with E-state index < -0.39 is 5.82 Å². The first-order chi connectivity index (χ1) is 12.2. The summed E-state index contributed by atoms with van der Waals surface area (Å²) in [6.07, 6.45) is 5.20. The van der Waals surface area contributed by atoms with E-state index in [1.54, 1.807) is 41.3 Å². The molecule has 0 bridgehead atoms. The fourth-order valence-electron chi connectivity index (χ4n) is 2.56. The molecule has 3 aromatic heterocycles. The molecule has 0 fully saturated rings. The van der Waals surface area contributed by atoms with Crippen LogP contribution in [-0.2, 0) is 6.54 Å². The van der Waals surface area contributed by atoms with Crippen molar-refractivity contribution in [3.05, 3.63) is 77.5 Å². The first-order valence-electron chi connectivity index (χ1n) is 7.64. The summed E-state index contributed by atoms with van der Waals surface area (Å²) in [5.41, 5.74) is 3.03. The highest BCUT2D eigenvalue weighted by molar-refractivity contribution is 6.30. The lowest BCUT2D eigenvalue weighted by Gasteiger charge is -2.08. The van der Waals surface area contributed by atoms with Gasteiger partial charge in [0.25, 0.3) is 0 Å². The molecular weight excluding hydrogens is 341 g/mol.